The number of aliphatic hydroxyl groups is 1. The second-order valence-electron chi connectivity index (χ2n) is 2.32. The van der Waals surface area contributed by atoms with Crippen LogP contribution in [0.2, 0.25) is 0 Å². The molecule has 1 heterocycles. The van der Waals surface area contributed by atoms with Crippen molar-refractivity contribution in [2.45, 2.75) is 6.61 Å². The van der Waals surface area contributed by atoms with E-state index in [2.05, 4.69) is 6.07 Å². The summed E-state index contributed by atoms with van der Waals surface area (Å²) >= 11 is 0. The van der Waals surface area contributed by atoms with Crippen molar-refractivity contribution in [1.29, 1.82) is 0 Å². The van der Waals surface area contributed by atoms with Crippen LogP contribution in [0.15, 0.2) is 28.7 Å². The number of hydrogen-bond donors (Lipinski definition) is 1. The second-order valence-corrected chi connectivity index (χ2v) is 2.32. The first-order valence-electron chi connectivity index (χ1n) is 3.40. The van der Waals surface area contributed by atoms with Gasteiger partial charge in [-0.25, -0.2) is 0 Å². The van der Waals surface area contributed by atoms with Crippen molar-refractivity contribution in [2.75, 3.05) is 0 Å². The molecule has 0 atom stereocenters. The highest BCUT2D eigenvalue weighted by molar-refractivity contribution is 5.76. The molecule has 11 heavy (non-hydrogen) atoms. The van der Waals surface area contributed by atoms with Crippen molar-refractivity contribution in [2.24, 2.45) is 0 Å². The molecule has 0 saturated carbocycles. The van der Waals surface area contributed by atoms with Crippen molar-refractivity contribution in [3.05, 3.63) is 36.1 Å². The summed E-state index contributed by atoms with van der Waals surface area (Å²) in [5.41, 5.74) is 0.775. The lowest BCUT2D eigenvalue weighted by atomic mass is 10.2. The van der Waals surface area contributed by atoms with Crippen LogP contribution in [-0.4, -0.2) is 5.11 Å². The predicted octanol–water partition coefficient (Wildman–Crippen LogP) is 1.73. The first-order valence-corrected chi connectivity index (χ1v) is 3.40. The van der Waals surface area contributed by atoms with Crippen LogP contribution in [0.3, 0.4) is 0 Å². The van der Waals surface area contributed by atoms with Crippen molar-refractivity contribution >= 4 is 11.0 Å². The highest BCUT2D eigenvalue weighted by Crippen LogP contribution is 2.17. The molecule has 0 bridgehead atoms. The van der Waals surface area contributed by atoms with Gasteiger partial charge in [-0.1, -0.05) is 12.1 Å². The monoisotopic (exact) mass is 147 g/mol. The van der Waals surface area contributed by atoms with Gasteiger partial charge in [0.2, 0.25) is 0 Å². The summed E-state index contributed by atoms with van der Waals surface area (Å²) in [7, 11) is 0. The van der Waals surface area contributed by atoms with Gasteiger partial charge in [0.05, 0.1) is 0 Å². The van der Waals surface area contributed by atoms with Gasteiger partial charge in [-0.05, 0) is 18.2 Å². The molecule has 2 rings (SSSR count). The van der Waals surface area contributed by atoms with Crippen molar-refractivity contribution in [3.63, 3.8) is 0 Å². The lowest BCUT2D eigenvalue weighted by Gasteiger charge is -1.83. The van der Waals surface area contributed by atoms with E-state index in [1.54, 1.807) is 6.07 Å². The molecule has 2 heteroatoms. The molecule has 1 radical (unpaired) electrons. The maximum atomic E-state index is 8.73. The van der Waals surface area contributed by atoms with E-state index < -0.39 is 0 Å². The number of hydrogen-bond acceptors (Lipinski definition) is 2. The number of benzene rings is 1. The average Bonchev–Trinajstić information content (AvgIpc) is 2.46. The fourth-order valence-corrected chi connectivity index (χ4v) is 1.05. The Balaban J connectivity index is 2.69. The molecule has 0 aliphatic heterocycles. The summed E-state index contributed by atoms with van der Waals surface area (Å²) in [5.74, 6) is 0.586. The summed E-state index contributed by atoms with van der Waals surface area (Å²) in [6.45, 7) is -0.0531. The van der Waals surface area contributed by atoms with E-state index in [0.717, 1.165) is 11.0 Å². The molecule has 55 valence electrons. The summed E-state index contributed by atoms with van der Waals surface area (Å²) in [4.78, 5) is 0. The Morgan fingerprint density at radius 1 is 1.55 bits per heavy atom. The lowest BCUT2D eigenvalue weighted by Crippen LogP contribution is -1.72. The predicted molar refractivity (Wildman–Crippen MR) is 41.0 cm³/mol. The summed E-state index contributed by atoms with van der Waals surface area (Å²) in [6.07, 6.45) is 0. The topological polar surface area (TPSA) is 33.4 Å². The Bertz CT molecular complexity index is 329. The number of fused-ring (bicyclic) bond motifs is 1. The van der Waals surface area contributed by atoms with Gasteiger partial charge in [-0.15, -0.1) is 0 Å². The zero-order valence-electron chi connectivity index (χ0n) is 5.87. The van der Waals surface area contributed by atoms with Gasteiger partial charge >= 0.3 is 0 Å². The summed E-state index contributed by atoms with van der Waals surface area (Å²) < 4.78 is 5.24. The third-order valence-corrected chi connectivity index (χ3v) is 1.55. The van der Waals surface area contributed by atoms with Crippen molar-refractivity contribution < 1.29 is 9.52 Å². The molecule has 1 aromatic heterocycles. The van der Waals surface area contributed by atoms with Crippen molar-refractivity contribution in [1.82, 2.24) is 0 Å². The minimum atomic E-state index is -0.0531. The summed E-state index contributed by atoms with van der Waals surface area (Å²) in [5, 5.41) is 9.64. The highest BCUT2D eigenvalue weighted by Gasteiger charge is 1.99. The number of aliphatic hydroxyl groups excluding tert-OH is 1. The van der Waals surface area contributed by atoms with Gasteiger partial charge < -0.3 is 9.52 Å². The molecule has 0 fully saturated rings. The third-order valence-electron chi connectivity index (χ3n) is 1.55. The molecule has 1 aromatic carbocycles. The fraction of sp³-hybridized carbons (Fsp3) is 0.111. The Hall–Kier alpha value is -1.28. The number of rotatable bonds is 1. The van der Waals surface area contributed by atoms with Crippen LogP contribution in [0.1, 0.15) is 5.76 Å². The van der Waals surface area contributed by atoms with Crippen LogP contribution in [0.25, 0.3) is 11.0 Å². The maximum absolute atomic E-state index is 8.73. The van der Waals surface area contributed by atoms with Gasteiger partial charge in [-0.3, -0.25) is 0 Å². The SMILES string of the molecule is OCc1cc2[c]cccc2o1. The molecule has 0 amide bonds. The maximum Gasteiger partial charge on any atom is 0.135 e. The molecular weight excluding hydrogens is 140 g/mol. The van der Waals surface area contributed by atoms with Gasteiger partial charge in [0.1, 0.15) is 18.0 Å². The first kappa shape index (κ1) is 6.43. The molecular formula is C9H7O2. The highest BCUT2D eigenvalue weighted by atomic mass is 16.4. The van der Waals surface area contributed by atoms with Crippen molar-refractivity contribution in [3.8, 4) is 0 Å². The minimum Gasteiger partial charge on any atom is -0.459 e. The van der Waals surface area contributed by atoms with E-state index in [1.165, 1.54) is 0 Å². The third kappa shape index (κ3) is 1.01. The van der Waals surface area contributed by atoms with Crippen LogP contribution in [0.5, 0.6) is 0 Å². The van der Waals surface area contributed by atoms with Crippen LogP contribution >= 0.6 is 0 Å². The van der Waals surface area contributed by atoms with E-state index in [4.69, 9.17) is 9.52 Å². The standard InChI is InChI=1S/C9H7O2/c10-6-8-5-7-3-1-2-4-9(7)11-8/h1-2,4-5,10H,6H2. The zero-order valence-corrected chi connectivity index (χ0v) is 5.87. The number of furan rings is 1. The Morgan fingerprint density at radius 3 is 3.18 bits per heavy atom. The van der Waals surface area contributed by atoms with Crippen LogP contribution < -0.4 is 0 Å². The minimum absolute atomic E-state index is 0.0531. The molecule has 2 nitrogen and oxygen atoms in total. The molecule has 0 saturated heterocycles. The van der Waals surface area contributed by atoms with Crippen LogP contribution in [0.4, 0.5) is 0 Å². The van der Waals surface area contributed by atoms with Gasteiger partial charge in [-0.2, -0.15) is 0 Å². The zero-order chi connectivity index (χ0) is 7.68. The van der Waals surface area contributed by atoms with E-state index >= 15 is 0 Å². The molecule has 1 N–H and O–H groups in total. The molecule has 0 spiro atoms. The van der Waals surface area contributed by atoms with Gasteiger partial charge in [0.15, 0.2) is 0 Å². The Labute approximate surface area is 64.1 Å². The fourth-order valence-electron chi connectivity index (χ4n) is 1.05. The Kier molecular flexibility index (Phi) is 1.40. The van der Waals surface area contributed by atoms with E-state index in [1.807, 2.05) is 18.2 Å². The normalized spacial score (nSPS) is 10.6. The van der Waals surface area contributed by atoms with E-state index in [9.17, 15) is 0 Å². The Morgan fingerprint density at radius 2 is 2.45 bits per heavy atom. The first-order chi connectivity index (χ1) is 5.40. The molecule has 0 aliphatic carbocycles. The second kappa shape index (κ2) is 2.40. The lowest BCUT2D eigenvalue weighted by molar-refractivity contribution is 0.251. The van der Waals surface area contributed by atoms with Gasteiger partial charge in [0.25, 0.3) is 0 Å². The molecule has 0 unspecified atom stereocenters. The van der Waals surface area contributed by atoms with E-state index in [0.29, 0.717) is 5.76 Å². The smallest absolute Gasteiger partial charge is 0.135 e. The quantitative estimate of drug-likeness (QED) is 0.666. The van der Waals surface area contributed by atoms with E-state index in [-0.39, 0.29) is 6.61 Å². The molecule has 2 aromatic rings. The van der Waals surface area contributed by atoms with Crippen LogP contribution in [0, 0.1) is 6.07 Å². The molecule has 0 aliphatic rings. The van der Waals surface area contributed by atoms with Gasteiger partial charge in [0, 0.05) is 5.39 Å². The summed E-state index contributed by atoms with van der Waals surface area (Å²) in [6, 6.07) is 10.3. The van der Waals surface area contributed by atoms with Crippen LogP contribution in [-0.2, 0) is 6.61 Å². The average molecular weight is 147 g/mol. The largest absolute Gasteiger partial charge is 0.459 e.